The number of halogens is 1. The summed E-state index contributed by atoms with van der Waals surface area (Å²) in [5, 5.41) is 10.3. The van der Waals surface area contributed by atoms with Crippen LogP contribution in [0.4, 0.5) is 0 Å². The van der Waals surface area contributed by atoms with E-state index >= 15 is 0 Å². The van der Waals surface area contributed by atoms with Gasteiger partial charge in [-0.3, -0.25) is 9.69 Å². The molecule has 0 bridgehead atoms. The second-order valence-electron chi connectivity index (χ2n) is 6.91. The van der Waals surface area contributed by atoms with Gasteiger partial charge < -0.3 is 14.6 Å². The minimum absolute atomic E-state index is 0.0840. The molecule has 6 nitrogen and oxygen atoms in total. The third kappa shape index (κ3) is 3.24. The van der Waals surface area contributed by atoms with Crippen molar-refractivity contribution in [3.8, 4) is 0 Å². The van der Waals surface area contributed by atoms with E-state index in [1.807, 2.05) is 6.08 Å². The van der Waals surface area contributed by atoms with Crippen LogP contribution in [0, 0.1) is 5.92 Å². The number of ether oxygens (including phenoxy) is 2. The summed E-state index contributed by atoms with van der Waals surface area (Å²) in [7, 11) is 0. The molecular formula is C17H22BrNO5. The molecule has 24 heavy (non-hydrogen) atoms. The van der Waals surface area contributed by atoms with Crippen LogP contribution >= 0.6 is 15.9 Å². The summed E-state index contributed by atoms with van der Waals surface area (Å²) < 4.78 is 11.0. The highest BCUT2D eigenvalue weighted by atomic mass is 79.9. The van der Waals surface area contributed by atoms with Gasteiger partial charge in [-0.05, 0) is 47.9 Å². The minimum atomic E-state index is -1.24. The molecular weight excluding hydrogens is 378 g/mol. The minimum Gasteiger partial charge on any atom is -0.480 e. The fourth-order valence-electron chi connectivity index (χ4n) is 3.58. The molecule has 1 fully saturated rings. The number of Topliss-reactive ketones (excluding diaryl/α,β-unsaturated/α-hetero) is 1. The summed E-state index contributed by atoms with van der Waals surface area (Å²) >= 11 is 3.29. The lowest BCUT2D eigenvalue weighted by Gasteiger charge is -2.35. The van der Waals surface area contributed by atoms with Crippen molar-refractivity contribution in [2.24, 2.45) is 5.92 Å². The zero-order chi connectivity index (χ0) is 17.5. The SMILES string of the molecule is CC1(C)OC(=O)C(C2C(=O)C(Br)=CC2N2CCCCCC2)=C(O)O1. The number of carbonyl (C=O) groups is 2. The predicted octanol–water partition coefficient (Wildman–Crippen LogP) is 2.79. The molecule has 0 saturated carbocycles. The number of aliphatic hydroxyl groups excluding tert-OH is 1. The summed E-state index contributed by atoms with van der Waals surface area (Å²) in [6.45, 7) is 4.80. The molecule has 2 unspecified atom stereocenters. The number of allylic oxidation sites excluding steroid dienone is 1. The first kappa shape index (κ1) is 17.5. The molecule has 7 heteroatoms. The van der Waals surface area contributed by atoms with Gasteiger partial charge in [0.25, 0.3) is 11.7 Å². The number of aliphatic hydroxyl groups is 1. The molecule has 2 aliphatic heterocycles. The van der Waals surface area contributed by atoms with Crippen molar-refractivity contribution in [2.45, 2.75) is 51.4 Å². The van der Waals surface area contributed by atoms with Crippen LogP contribution in [-0.2, 0) is 19.1 Å². The molecule has 2 heterocycles. The molecule has 1 saturated heterocycles. The van der Waals surface area contributed by atoms with Crippen molar-refractivity contribution < 1.29 is 24.2 Å². The molecule has 0 amide bonds. The molecule has 0 aromatic heterocycles. The first-order valence-electron chi connectivity index (χ1n) is 8.31. The fourth-order valence-corrected chi connectivity index (χ4v) is 4.09. The van der Waals surface area contributed by atoms with Gasteiger partial charge in [-0.15, -0.1) is 0 Å². The average Bonchev–Trinajstić information content (AvgIpc) is 2.69. The molecule has 3 rings (SSSR count). The predicted molar refractivity (Wildman–Crippen MR) is 90.2 cm³/mol. The van der Waals surface area contributed by atoms with Crippen LogP contribution in [0.15, 0.2) is 22.1 Å². The number of hydrogen-bond donors (Lipinski definition) is 1. The molecule has 3 aliphatic rings. The van der Waals surface area contributed by atoms with Crippen LogP contribution in [0.25, 0.3) is 0 Å². The van der Waals surface area contributed by atoms with Crippen molar-refractivity contribution >= 4 is 27.7 Å². The third-order valence-corrected chi connectivity index (χ3v) is 5.34. The Morgan fingerprint density at radius 1 is 1.17 bits per heavy atom. The number of ketones is 1. The molecule has 0 aromatic rings. The van der Waals surface area contributed by atoms with Crippen molar-refractivity contribution in [3.63, 3.8) is 0 Å². The van der Waals surface area contributed by atoms with E-state index < -0.39 is 23.6 Å². The number of rotatable bonds is 2. The summed E-state index contributed by atoms with van der Waals surface area (Å²) in [4.78, 5) is 27.3. The molecule has 0 radical (unpaired) electrons. The van der Waals surface area contributed by atoms with E-state index in [4.69, 9.17) is 9.47 Å². The summed E-state index contributed by atoms with van der Waals surface area (Å²) in [6, 6.07) is -0.278. The Morgan fingerprint density at radius 3 is 2.38 bits per heavy atom. The standard InChI is InChI=1S/C17H22BrNO5/c1-17(2)23-15(21)13(16(22)24-17)12-11(9-10(18)14(12)20)19-7-5-3-4-6-8-19/h9,11-12,21H,3-8H2,1-2H3. The van der Waals surface area contributed by atoms with E-state index in [1.54, 1.807) is 0 Å². The highest BCUT2D eigenvalue weighted by Gasteiger charge is 2.49. The maximum atomic E-state index is 12.6. The smallest absolute Gasteiger partial charge is 0.345 e. The molecule has 1 N–H and O–H groups in total. The number of likely N-dealkylation sites (tertiary alicyclic amines) is 1. The van der Waals surface area contributed by atoms with Crippen LogP contribution in [-0.4, -0.2) is 46.7 Å². The van der Waals surface area contributed by atoms with Gasteiger partial charge in [-0.25, -0.2) is 4.79 Å². The second-order valence-corrected chi connectivity index (χ2v) is 7.76. The van der Waals surface area contributed by atoms with Crippen molar-refractivity contribution in [1.82, 2.24) is 4.90 Å². The van der Waals surface area contributed by atoms with E-state index in [0.29, 0.717) is 4.48 Å². The van der Waals surface area contributed by atoms with Gasteiger partial charge in [0.2, 0.25) is 0 Å². The van der Waals surface area contributed by atoms with Gasteiger partial charge in [0, 0.05) is 19.9 Å². The van der Waals surface area contributed by atoms with Crippen LogP contribution in [0.3, 0.4) is 0 Å². The maximum absolute atomic E-state index is 12.6. The number of cyclic esters (lactones) is 1. The number of carbonyl (C=O) groups excluding carboxylic acids is 2. The van der Waals surface area contributed by atoms with Crippen LogP contribution in [0.5, 0.6) is 0 Å². The van der Waals surface area contributed by atoms with E-state index in [-0.39, 0.29) is 17.4 Å². The largest absolute Gasteiger partial charge is 0.480 e. The van der Waals surface area contributed by atoms with Gasteiger partial charge in [-0.2, -0.15) is 0 Å². The summed E-state index contributed by atoms with van der Waals surface area (Å²) in [5.74, 6) is -3.48. The van der Waals surface area contributed by atoms with Crippen LogP contribution in [0.2, 0.25) is 0 Å². The maximum Gasteiger partial charge on any atom is 0.345 e. The van der Waals surface area contributed by atoms with E-state index in [2.05, 4.69) is 20.8 Å². The molecule has 1 aliphatic carbocycles. The highest BCUT2D eigenvalue weighted by Crippen LogP contribution is 2.39. The lowest BCUT2D eigenvalue weighted by Crippen LogP contribution is -2.46. The molecule has 2 atom stereocenters. The van der Waals surface area contributed by atoms with Crippen molar-refractivity contribution in [1.29, 1.82) is 0 Å². The Bertz CT molecular complexity index is 616. The molecule has 0 spiro atoms. The van der Waals surface area contributed by atoms with Gasteiger partial charge in [0.05, 0.1) is 10.4 Å². The van der Waals surface area contributed by atoms with Crippen LogP contribution < -0.4 is 0 Å². The Balaban J connectivity index is 1.95. The Labute approximate surface area is 149 Å². The van der Waals surface area contributed by atoms with Crippen molar-refractivity contribution in [3.05, 3.63) is 22.1 Å². The van der Waals surface area contributed by atoms with Crippen molar-refractivity contribution in [2.75, 3.05) is 13.1 Å². The quantitative estimate of drug-likeness (QED) is 0.719. The highest BCUT2D eigenvalue weighted by molar-refractivity contribution is 9.12. The zero-order valence-electron chi connectivity index (χ0n) is 13.9. The van der Waals surface area contributed by atoms with E-state index in [0.717, 1.165) is 25.9 Å². The third-order valence-electron chi connectivity index (χ3n) is 4.68. The Kier molecular flexibility index (Phi) is 4.75. The lowest BCUT2D eigenvalue weighted by molar-refractivity contribution is -0.223. The summed E-state index contributed by atoms with van der Waals surface area (Å²) in [5.41, 5.74) is -0.0840. The fraction of sp³-hybridized carbons (Fsp3) is 0.647. The van der Waals surface area contributed by atoms with Gasteiger partial charge in [0.1, 0.15) is 5.57 Å². The normalized spacial score (nSPS) is 31.4. The van der Waals surface area contributed by atoms with Gasteiger partial charge in [0.15, 0.2) is 5.78 Å². The average molecular weight is 400 g/mol. The molecule has 132 valence electrons. The number of hydrogen-bond acceptors (Lipinski definition) is 6. The number of esters is 1. The molecule has 0 aromatic carbocycles. The zero-order valence-corrected chi connectivity index (χ0v) is 15.5. The lowest BCUT2D eigenvalue weighted by atomic mass is 9.90. The Morgan fingerprint density at radius 2 is 1.79 bits per heavy atom. The number of nitrogens with zero attached hydrogens (tertiary/aromatic N) is 1. The van der Waals surface area contributed by atoms with E-state index in [1.165, 1.54) is 26.7 Å². The summed E-state index contributed by atoms with van der Waals surface area (Å²) in [6.07, 6.45) is 6.27. The topological polar surface area (TPSA) is 76.1 Å². The monoisotopic (exact) mass is 399 g/mol. The van der Waals surface area contributed by atoms with Gasteiger partial charge >= 0.3 is 5.97 Å². The second kappa shape index (κ2) is 6.52. The van der Waals surface area contributed by atoms with Crippen LogP contribution in [0.1, 0.15) is 39.5 Å². The van der Waals surface area contributed by atoms with E-state index in [9.17, 15) is 14.7 Å². The Hall–Kier alpha value is -1.34. The first-order chi connectivity index (χ1) is 11.3. The van der Waals surface area contributed by atoms with Gasteiger partial charge in [-0.1, -0.05) is 12.8 Å². The first-order valence-corrected chi connectivity index (χ1v) is 9.10.